The van der Waals surface area contributed by atoms with Crippen molar-refractivity contribution in [2.75, 3.05) is 14.0 Å². The summed E-state index contributed by atoms with van der Waals surface area (Å²) in [4.78, 5) is 0.244. The van der Waals surface area contributed by atoms with Gasteiger partial charge in [0.25, 0.3) is 0 Å². The van der Waals surface area contributed by atoms with Gasteiger partial charge in [-0.25, -0.2) is 0 Å². The van der Waals surface area contributed by atoms with E-state index in [9.17, 15) is 0 Å². The Morgan fingerprint density at radius 2 is 2.25 bits per heavy atom. The minimum absolute atomic E-state index is 0.0963. The molecule has 1 aromatic heterocycles. The zero-order chi connectivity index (χ0) is 26.1. The fourth-order valence-electron chi connectivity index (χ4n) is 1.89. The summed E-state index contributed by atoms with van der Waals surface area (Å²) in [5.74, 6) is 0. The van der Waals surface area contributed by atoms with Crippen molar-refractivity contribution in [2.24, 2.45) is 0 Å². The van der Waals surface area contributed by atoms with Crippen molar-refractivity contribution < 1.29 is 19.2 Å². The molecule has 3 rings (SSSR count). The number of hydrogen-bond donors (Lipinski definition) is 0. The summed E-state index contributed by atoms with van der Waals surface area (Å²) in [5, 5.41) is 0.950. The van der Waals surface area contributed by atoms with Gasteiger partial charge in [0.2, 0.25) is 0 Å². The predicted octanol–water partition coefficient (Wildman–Crippen LogP) is 4.24. The molecule has 0 unspecified atom stereocenters. The Morgan fingerprint density at radius 1 is 1.40 bits per heavy atom. The van der Waals surface area contributed by atoms with Crippen LogP contribution in [-0.2, 0) is 6.50 Å². The molecule has 108 valence electrons. The molecule has 0 radical (unpaired) electrons. The lowest BCUT2D eigenvalue weighted by Gasteiger charge is -2.33. The van der Waals surface area contributed by atoms with Crippen molar-refractivity contribution in [3.63, 3.8) is 0 Å². The first-order valence-electron chi connectivity index (χ1n) is 13.2. The average molecular weight is 303 g/mol. The van der Waals surface area contributed by atoms with Crippen LogP contribution in [0.3, 0.4) is 0 Å². The van der Waals surface area contributed by atoms with E-state index in [1.807, 2.05) is 0 Å². The summed E-state index contributed by atoms with van der Waals surface area (Å²) in [7, 11) is 0. The molecule has 20 heavy (non-hydrogen) atoms. The highest BCUT2D eigenvalue weighted by Crippen LogP contribution is 2.40. The predicted molar refractivity (Wildman–Crippen MR) is 88.6 cm³/mol. The highest BCUT2D eigenvalue weighted by atomic mass is 32.2. The minimum Gasteiger partial charge on any atom is -0.346 e. The maximum Gasteiger partial charge on any atom is 0.0516 e. The molecule has 1 aromatic carbocycles. The Bertz CT molecular complexity index is 1010. The molecule has 1 aliphatic rings. The number of likely N-dealkylation sites (N-methyl/N-ethyl adjacent to an activating group) is 1. The molecule has 0 bridgehead atoms. The molecule has 0 N–H and O–H groups in total. The first-order valence-corrected chi connectivity index (χ1v) is 7.12. The second-order valence-corrected chi connectivity index (χ2v) is 6.25. The van der Waals surface area contributed by atoms with Gasteiger partial charge in [0.1, 0.15) is 0 Å². The van der Waals surface area contributed by atoms with Crippen LogP contribution >= 0.6 is 11.8 Å². The van der Waals surface area contributed by atoms with E-state index < -0.39 is 44.6 Å². The second kappa shape index (κ2) is 5.12. The molecule has 3 heteroatoms. The number of aromatic nitrogens is 1. The van der Waals surface area contributed by atoms with Crippen LogP contribution in [0.1, 0.15) is 45.7 Å². The van der Waals surface area contributed by atoms with E-state index in [4.69, 9.17) is 19.2 Å². The Morgan fingerprint density at radius 3 is 2.95 bits per heavy atom. The number of fused-ring (bicyclic) bond motifs is 1. The maximum absolute atomic E-state index is 8.81. The molecular formula is C17H24N2S. The fraction of sp³-hybridized carbons (Fsp3) is 0.529. The van der Waals surface area contributed by atoms with E-state index in [1.54, 1.807) is 23.9 Å². The summed E-state index contributed by atoms with van der Waals surface area (Å²) in [6.45, 7) is -19.0. The van der Waals surface area contributed by atoms with Crippen LogP contribution in [0.5, 0.6) is 0 Å². The first-order chi connectivity index (χ1) is 15.2. The van der Waals surface area contributed by atoms with Gasteiger partial charge in [-0.2, -0.15) is 0 Å². The summed E-state index contributed by atoms with van der Waals surface area (Å²) in [6.07, 6.45) is 3.26. The Kier molecular flexibility index (Phi) is 1.30. The molecule has 1 fully saturated rings. The van der Waals surface area contributed by atoms with Crippen molar-refractivity contribution in [3.8, 4) is 0 Å². The third kappa shape index (κ3) is 2.89. The number of thioether (sulfide) groups is 1. The molecule has 1 saturated carbocycles. The van der Waals surface area contributed by atoms with Crippen LogP contribution in [0.15, 0.2) is 35.4 Å². The van der Waals surface area contributed by atoms with E-state index in [2.05, 4.69) is 0 Å². The molecule has 2 aromatic rings. The topological polar surface area (TPSA) is 8.17 Å². The van der Waals surface area contributed by atoms with E-state index in [0.717, 1.165) is 23.9 Å². The lowest BCUT2D eigenvalue weighted by molar-refractivity contribution is 0.171. The van der Waals surface area contributed by atoms with Crippen LogP contribution in [0.25, 0.3) is 10.9 Å². The SMILES string of the molecule is [2H]C([2H])([2H])N(C([2H])([2H])[2H])C(C([2H])([2H])[2H])(C([2H])([2H])[2H])C([2H])([2H])n1ccc2cc(SC3CC3)ccc21. The van der Waals surface area contributed by atoms with Crippen molar-refractivity contribution >= 4 is 22.7 Å². The van der Waals surface area contributed by atoms with Crippen molar-refractivity contribution in [1.29, 1.82) is 0 Å². The van der Waals surface area contributed by atoms with Gasteiger partial charge in [-0.15, -0.1) is 11.8 Å². The normalized spacial score (nSPS) is 29.9. The molecule has 1 heterocycles. The zero-order valence-electron chi connectivity index (χ0n) is 24.7. The van der Waals surface area contributed by atoms with E-state index in [-0.39, 0.29) is 5.52 Å². The molecule has 0 spiro atoms. The second-order valence-electron chi connectivity index (χ2n) is 4.88. The Balaban J connectivity index is 2.35. The Hall–Kier alpha value is -0.930. The minimum atomic E-state index is -3.98. The first kappa shape index (κ1) is 5.06. The van der Waals surface area contributed by atoms with Gasteiger partial charge in [-0.3, -0.25) is 0 Å². The number of rotatable bonds is 5. The fourth-order valence-corrected chi connectivity index (χ4v) is 2.99. The number of benzene rings is 1. The zero-order valence-corrected chi connectivity index (χ0v) is 11.5. The summed E-state index contributed by atoms with van der Waals surface area (Å²) >= 11 is 1.63. The highest BCUT2D eigenvalue weighted by molar-refractivity contribution is 8.00. The smallest absolute Gasteiger partial charge is 0.0516 e. The van der Waals surface area contributed by atoms with Crippen LogP contribution in [0.4, 0.5) is 0 Å². The lowest BCUT2D eigenvalue weighted by Crippen LogP contribution is -2.41. The van der Waals surface area contributed by atoms with E-state index >= 15 is 0 Å². The van der Waals surface area contributed by atoms with Gasteiger partial charge in [-0.05, 0) is 64.8 Å². The van der Waals surface area contributed by atoms with E-state index in [0.29, 0.717) is 15.2 Å². The van der Waals surface area contributed by atoms with Crippen molar-refractivity contribution in [3.05, 3.63) is 30.5 Å². The van der Waals surface area contributed by atoms with Crippen molar-refractivity contribution in [2.45, 2.75) is 48.7 Å². The average Bonchev–Trinajstić information content (AvgIpc) is 3.30. The molecule has 1 aliphatic carbocycles. The number of nitrogens with zero attached hydrogens (tertiary/aromatic N) is 2. The molecule has 2 nitrogen and oxygen atoms in total. The summed E-state index contributed by atoms with van der Waals surface area (Å²) in [6, 6.07) is 6.34. The third-order valence-electron chi connectivity index (χ3n) is 3.11. The van der Waals surface area contributed by atoms with Gasteiger partial charge >= 0.3 is 0 Å². The van der Waals surface area contributed by atoms with Gasteiger partial charge in [-0.1, -0.05) is 0 Å². The van der Waals surface area contributed by atoms with Crippen LogP contribution < -0.4 is 0 Å². The standard InChI is InChI=1S/C17H24N2S/c1-17(2,18(3)4)12-19-10-9-13-11-15(7-8-16(13)19)20-14-5-6-14/h7-11,14H,5-6,12H2,1-4H3/i1D3,2D3,3D3,4D3,12D2. The molecular weight excluding hydrogens is 264 g/mol. The molecule has 0 saturated heterocycles. The molecule has 0 amide bonds. The van der Waals surface area contributed by atoms with E-state index in [1.165, 1.54) is 12.1 Å². The molecule has 0 atom stereocenters. The van der Waals surface area contributed by atoms with Gasteiger partial charge in [0, 0.05) is 55.7 Å². The lowest BCUT2D eigenvalue weighted by atomic mass is 10.0. The Labute approximate surface area is 145 Å². The monoisotopic (exact) mass is 302 g/mol. The van der Waals surface area contributed by atoms with Gasteiger partial charge < -0.3 is 9.47 Å². The van der Waals surface area contributed by atoms with Crippen molar-refractivity contribution in [1.82, 2.24) is 9.47 Å². The number of hydrogen-bond acceptors (Lipinski definition) is 2. The van der Waals surface area contributed by atoms with Gasteiger partial charge in [0.15, 0.2) is 0 Å². The van der Waals surface area contributed by atoms with Crippen LogP contribution in [0.2, 0.25) is 0 Å². The summed E-state index contributed by atoms with van der Waals surface area (Å²) < 4.78 is 113. The van der Waals surface area contributed by atoms with Crippen LogP contribution in [-0.4, -0.2) is 34.2 Å². The third-order valence-corrected chi connectivity index (χ3v) is 4.44. The van der Waals surface area contributed by atoms with Crippen LogP contribution in [0, 0.1) is 0 Å². The largest absolute Gasteiger partial charge is 0.346 e. The summed E-state index contributed by atoms with van der Waals surface area (Å²) in [5.41, 5.74) is -3.88. The highest BCUT2D eigenvalue weighted by Gasteiger charge is 2.23. The quantitative estimate of drug-likeness (QED) is 0.816. The molecule has 0 aliphatic heterocycles. The maximum atomic E-state index is 8.81. The van der Waals surface area contributed by atoms with Gasteiger partial charge in [0.05, 0.1) is 2.74 Å².